The molecule has 1 atom stereocenters. The lowest BCUT2D eigenvalue weighted by molar-refractivity contribution is -0.136. The molecule has 3 fully saturated rings. The molecule has 336 valence electrons. The summed E-state index contributed by atoms with van der Waals surface area (Å²) in [4.78, 5) is 55.3. The lowest BCUT2D eigenvalue weighted by Crippen LogP contribution is -2.53. The van der Waals surface area contributed by atoms with Crippen LogP contribution in [0.4, 0.5) is 28.8 Å². The summed E-state index contributed by atoms with van der Waals surface area (Å²) in [5.74, 6) is 6.79. The molecule has 8 rings (SSSR count). The Labute approximate surface area is 379 Å². The average Bonchev–Trinajstić information content (AvgIpc) is 3.63. The Bertz CT molecular complexity index is 2490. The van der Waals surface area contributed by atoms with Crippen molar-refractivity contribution in [1.29, 1.82) is 0 Å². The van der Waals surface area contributed by atoms with Crippen LogP contribution in [0.3, 0.4) is 0 Å². The fourth-order valence-corrected chi connectivity index (χ4v) is 10.3. The molecular weight excluding hydrogens is 853 g/mol. The zero-order valence-corrected chi connectivity index (χ0v) is 38.2. The number of imide groups is 1. The van der Waals surface area contributed by atoms with Crippen LogP contribution in [0.1, 0.15) is 53.6 Å². The van der Waals surface area contributed by atoms with E-state index in [1.807, 2.05) is 42.5 Å². The first-order valence-electron chi connectivity index (χ1n) is 21.9. The van der Waals surface area contributed by atoms with Gasteiger partial charge in [0.2, 0.25) is 17.8 Å². The number of para-hydroxylation sites is 1. The number of fused-ring (bicyclic) bond motifs is 1. The van der Waals surface area contributed by atoms with Crippen molar-refractivity contribution >= 4 is 70.6 Å². The van der Waals surface area contributed by atoms with E-state index in [2.05, 4.69) is 64.6 Å². The van der Waals surface area contributed by atoms with Gasteiger partial charge in [0.1, 0.15) is 30.6 Å². The fraction of sp³-hybridized carbons (Fsp3) is 0.426. The number of halogens is 1. The van der Waals surface area contributed by atoms with E-state index in [1.165, 1.54) is 6.20 Å². The minimum Gasteiger partial charge on any atom is -0.494 e. The first-order valence-corrected chi connectivity index (χ1v) is 24.9. The Balaban J connectivity index is 0.748. The zero-order valence-electron chi connectivity index (χ0n) is 36.6. The van der Waals surface area contributed by atoms with Gasteiger partial charge in [-0.25, -0.2) is 4.98 Å². The van der Waals surface area contributed by atoms with Crippen molar-refractivity contribution in [2.45, 2.75) is 50.7 Å². The Morgan fingerprint density at radius 2 is 1.73 bits per heavy atom. The summed E-state index contributed by atoms with van der Waals surface area (Å²) in [6.45, 7) is 11.8. The van der Waals surface area contributed by atoms with Gasteiger partial charge in [-0.1, -0.05) is 41.6 Å². The second kappa shape index (κ2) is 20.1. The highest BCUT2D eigenvalue weighted by atomic mass is 35.5. The second-order valence-electron chi connectivity index (χ2n) is 16.9. The van der Waals surface area contributed by atoms with Crippen molar-refractivity contribution < 1.29 is 28.4 Å². The molecule has 17 heteroatoms. The SMILES string of the molecule is COc1cc(N2CCC(N3CCN(CCCOCC#Cc4cccc5c4CN(C4CCC(=O)NC4=O)C5=O)CC3)CC2)ccc1Nc1ncc(Cl)c(Nc2ccccc2P(C)(C)=O)n1. The second-order valence-corrected chi connectivity index (χ2v) is 20.5. The first kappa shape index (κ1) is 45.1. The number of aromatic nitrogens is 2. The highest BCUT2D eigenvalue weighted by Gasteiger charge is 2.39. The summed E-state index contributed by atoms with van der Waals surface area (Å²) in [5, 5.41) is 9.95. The number of piperazine rings is 1. The number of hydrogen-bond donors (Lipinski definition) is 3. The summed E-state index contributed by atoms with van der Waals surface area (Å²) < 4.78 is 24.6. The Kier molecular flexibility index (Phi) is 14.2. The quantitative estimate of drug-likeness (QED) is 0.0615. The number of methoxy groups -OCH3 is 1. The van der Waals surface area contributed by atoms with E-state index < -0.39 is 19.1 Å². The molecule has 4 aliphatic heterocycles. The number of hydrogen-bond acceptors (Lipinski definition) is 13. The van der Waals surface area contributed by atoms with Crippen molar-refractivity contribution in [2.75, 3.05) is 95.0 Å². The van der Waals surface area contributed by atoms with Gasteiger partial charge in [-0.3, -0.25) is 24.6 Å². The van der Waals surface area contributed by atoms with Gasteiger partial charge < -0.3 is 39.4 Å². The van der Waals surface area contributed by atoms with Crippen molar-refractivity contribution in [3.8, 4) is 17.6 Å². The predicted molar refractivity (Wildman–Crippen MR) is 250 cm³/mol. The minimum absolute atomic E-state index is 0.201. The van der Waals surface area contributed by atoms with Gasteiger partial charge >= 0.3 is 0 Å². The van der Waals surface area contributed by atoms with E-state index in [1.54, 1.807) is 31.4 Å². The molecule has 4 aliphatic rings. The Hall–Kier alpha value is -5.49. The molecule has 0 radical (unpaired) electrons. The maximum absolute atomic E-state index is 13.1. The number of carbonyl (C=O) groups excluding carboxylic acids is 3. The maximum Gasteiger partial charge on any atom is 0.255 e. The first-order chi connectivity index (χ1) is 30.9. The predicted octanol–water partition coefficient (Wildman–Crippen LogP) is 5.68. The molecule has 3 N–H and O–H groups in total. The molecule has 3 amide bonds. The van der Waals surface area contributed by atoms with Gasteiger partial charge in [0.05, 0.1) is 24.7 Å². The van der Waals surface area contributed by atoms with Crippen molar-refractivity contribution in [3.63, 3.8) is 0 Å². The molecule has 0 bridgehead atoms. The van der Waals surface area contributed by atoms with Crippen LogP contribution >= 0.6 is 18.7 Å². The number of carbonyl (C=O) groups is 3. The average molecular weight is 908 g/mol. The van der Waals surface area contributed by atoms with Crippen LogP contribution in [0.2, 0.25) is 5.02 Å². The summed E-state index contributed by atoms with van der Waals surface area (Å²) in [7, 11) is -0.890. The number of ether oxygens (including phenoxy) is 2. The number of benzene rings is 3. The van der Waals surface area contributed by atoms with E-state index in [9.17, 15) is 18.9 Å². The molecule has 64 heavy (non-hydrogen) atoms. The van der Waals surface area contributed by atoms with Crippen LogP contribution < -0.4 is 30.9 Å². The smallest absolute Gasteiger partial charge is 0.255 e. The molecule has 3 aromatic carbocycles. The van der Waals surface area contributed by atoms with Crippen LogP contribution in [-0.2, 0) is 25.4 Å². The zero-order chi connectivity index (χ0) is 44.8. The Morgan fingerprint density at radius 3 is 2.50 bits per heavy atom. The molecule has 0 aliphatic carbocycles. The van der Waals surface area contributed by atoms with E-state index in [4.69, 9.17) is 21.1 Å². The fourth-order valence-electron chi connectivity index (χ4n) is 8.98. The summed E-state index contributed by atoms with van der Waals surface area (Å²) >= 11 is 6.49. The van der Waals surface area contributed by atoms with Gasteiger partial charge in [-0.15, -0.1) is 0 Å². The van der Waals surface area contributed by atoms with E-state index in [0.29, 0.717) is 66.0 Å². The summed E-state index contributed by atoms with van der Waals surface area (Å²) in [6, 6.07) is 19.0. The number of nitrogens with zero attached hydrogens (tertiary/aromatic N) is 6. The maximum atomic E-state index is 13.1. The third-order valence-electron chi connectivity index (χ3n) is 12.4. The van der Waals surface area contributed by atoms with Crippen LogP contribution in [0.25, 0.3) is 0 Å². The number of nitrogens with one attached hydrogen (secondary N) is 3. The van der Waals surface area contributed by atoms with E-state index in [-0.39, 0.29) is 18.2 Å². The molecule has 0 saturated carbocycles. The monoisotopic (exact) mass is 907 g/mol. The molecule has 0 spiro atoms. The normalized spacial score (nSPS) is 18.6. The van der Waals surface area contributed by atoms with Crippen LogP contribution in [0, 0.1) is 11.8 Å². The molecule has 15 nitrogen and oxygen atoms in total. The van der Waals surface area contributed by atoms with Gasteiger partial charge in [-0.05, 0) is 81.0 Å². The third kappa shape index (κ3) is 10.5. The van der Waals surface area contributed by atoms with E-state index >= 15 is 0 Å². The van der Waals surface area contributed by atoms with Crippen molar-refractivity contribution in [2.24, 2.45) is 0 Å². The van der Waals surface area contributed by atoms with E-state index in [0.717, 1.165) is 92.9 Å². The molecule has 1 unspecified atom stereocenters. The van der Waals surface area contributed by atoms with Gasteiger partial charge in [-0.2, -0.15) is 4.98 Å². The standard InChI is InChI=1S/C47H55ClN9O6P/c1-62-41-29-34(14-15-38(41)51-47-49-30-37(48)44(53-47)50-39-12-4-5-13-42(39)64(2,3)61)55-21-18-33(19-22-55)56-25-23-54(24-26-56)20-8-28-63-27-7-10-32-9-6-11-35-36(32)31-57(46(35)60)40-16-17-43(58)52-45(40)59/h4-6,9,11-15,29-30,33,40H,8,16-28,31H2,1-3H3,(H,52,58,59)(H2,49,50,51,53). The van der Waals surface area contributed by atoms with Gasteiger partial charge in [0, 0.05) is 99.6 Å². The van der Waals surface area contributed by atoms with Crippen LogP contribution in [0.5, 0.6) is 5.75 Å². The molecule has 4 aromatic rings. The number of amides is 3. The highest BCUT2D eigenvalue weighted by Crippen LogP contribution is 2.39. The minimum atomic E-state index is -2.55. The van der Waals surface area contributed by atoms with Crippen molar-refractivity contribution in [1.82, 2.24) is 30.0 Å². The highest BCUT2D eigenvalue weighted by molar-refractivity contribution is 7.70. The largest absolute Gasteiger partial charge is 0.494 e. The molecule has 3 saturated heterocycles. The third-order valence-corrected chi connectivity index (χ3v) is 14.2. The Morgan fingerprint density at radius 1 is 0.938 bits per heavy atom. The molecular formula is C47H55ClN9O6P. The van der Waals surface area contributed by atoms with Gasteiger partial charge in [0.25, 0.3) is 5.91 Å². The van der Waals surface area contributed by atoms with Crippen LogP contribution in [-0.4, -0.2) is 134 Å². The topological polar surface area (TPSA) is 162 Å². The number of piperidine rings is 2. The molecule has 5 heterocycles. The number of rotatable bonds is 14. The summed E-state index contributed by atoms with van der Waals surface area (Å²) in [5.41, 5.74) is 4.66. The van der Waals surface area contributed by atoms with Crippen molar-refractivity contribution in [3.05, 3.63) is 88.6 Å². The molecule has 1 aromatic heterocycles. The lowest BCUT2D eigenvalue weighted by atomic mass is 10.0. The lowest BCUT2D eigenvalue weighted by Gasteiger charge is -2.43. The van der Waals surface area contributed by atoms with Gasteiger partial charge in [0.15, 0.2) is 5.82 Å². The number of anilines is 5. The van der Waals surface area contributed by atoms with Crippen LogP contribution in [0.15, 0.2) is 66.9 Å². The summed E-state index contributed by atoms with van der Waals surface area (Å²) in [6.07, 6.45) is 5.21.